The lowest BCUT2D eigenvalue weighted by Crippen LogP contribution is -2.05. The minimum atomic E-state index is 0.528. The highest BCUT2D eigenvalue weighted by Gasteiger charge is 2.32. The van der Waals surface area contributed by atoms with Gasteiger partial charge in [0.05, 0.1) is 61.1 Å². The molecule has 5 heterocycles. The third-order valence-electron chi connectivity index (χ3n) is 21.1. The maximum atomic E-state index is 13.0. The number of nitriles is 1. The molecule has 5 aromatic heterocycles. The molecule has 0 saturated carbocycles. The third kappa shape index (κ3) is 9.45. The van der Waals surface area contributed by atoms with E-state index in [2.05, 4.69) is 383 Å². The van der Waals surface area contributed by atoms with Crippen LogP contribution >= 0.6 is 0 Å². The first-order chi connectivity index (χ1) is 51.0. The van der Waals surface area contributed by atoms with Gasteiger partial charge >= 0.3 is 0 Å². The molecule has 103 heavy (non-hydrogen) atoms. The van der Waals surface area contributed by atoms with Crippen molar-refractivity contribution in [2.75, 3.05) is 0 Å². The summed E-state index contributed by atoms with van der Waals surface area (Å²) in [5.41, 5.74) is 27.4. The van der Waals surface area contributed by atoms with E-state index in [0.717, 1.165) is 145 Å². The molecule has 20 rings (SSSR count). The molecule has 0 atom stereocenters. The molecular formula is C97H62N6. The molecule has 0 spiro atoms. The van der Waals surface area contributed by atoms with Crippen molar-refractivity contribution in [3.63, 3.8) is 0 Å². The Balaban J connectivity index is 0.924. The van der Waals surface area contributed by atoms with Crippen LogP contribution in [0.5, 0.6) is 0 Å². The lowest BCUT2D eigenvalue weighted by atomic mass is 9.75. The van der Waals surface area contributed by atoms with Gasteiger partial charge in [-0.05, 0) is 161 Å². The van der Waals surface area contributed by atoms with Crippen LogP contribution in [0.3, 0.4) is 0 Å². The second-order valence-electron chi connectivity index (χ2n) is 26.9. The van der Waals surface area contributed by atoms with E-state index in [4.69, 9.17) is 4.98 Å². The molecule has 0 unspecified atom stereocenters. The van der Waals surface area contributed by atoms with Crippen molar-refractivity contribution in [3.05, 3.63) is 369 Å². The standard InChI is InChI=1S/C97H62N6/c1-62-40-59-91-81(60-62)79-32-14-21-39-90(79)103(91)72-53-45-66(46-54-72)94-93(65-43-51-70(52-44-65)101-86-35-17-10-28-75(86)76-29-11-18-36-87(76)101)92(64-41-49-69(50-42-64)100-84-33-15-8-26-73(84)74-27-9-16-34-85(74)100)82(61-98)96(80-57-58-83(63-22-4-2-5-23-63)99-97(80)68-24-6-3-7-25-68)95(94)67-47-55-71(56-48-67)102-88-37-19-12-30-77(88)78-31-13-20-38-89(78)102/h2-60H,1H3. The zero-order chi connectivity index (χ0) is 68.2. The van der Waals surface area contributed by atoms with Crippen molar-refractivity contribution in [2.24, 2.45) is 0 Å². The maximum Gasteiger partial charge on any atom is 0.100 e. The number of hydrogen-bond acceptors (Lipinski definition) is 2. The van der Waals surface area contributed by atoms with E-state index in [1.54, 1.807) is 0 Å². The van der Waals surface area contributed by atoms with Crippen molar-refractivity contribution < 1.29 is 0 Å². The minimum absolute atomic E-state index is 0.528. The first kappa shape index (κ1) is 59.2. The van der Waals surface area contributed by atoms with Gasteiger partial charge in [-0.25, -0.2) is 4.98 Å². The molecule has 480 valence electrons. The first-order valence-electron chi connectivity index (χ1n) is 35.2. The number of benzene rings is 15. The van der Waals surface area contributed by atoms with Gasteiger partial charge in [-0.1, -0.05) is 248 Å². The van der Waals surface area contributed by atoms with Crippen LogP contribution in [0.2, 0.25) is 0 Å². The van der Waals surface area contributed by atoms with Gasteiger partial charge in [0.1, 0.15) is 6.07 Å². The van der Waals surface area contributed by atoms with Gasteiger partial charge in [-0.15, -0.1) is 0 Å². The summed E-state index contributed by atoms with van der Waals surface area (Å²) in [4.78, 5) is 5.73. The molecule has 0 radical (unpaired) electrons. The van der Waals surface area contributed by atoms with Gasteiger partial charge in [0, 0.05) is 93.7 Å². The highest BCUT2D eigenvalue weighted by Crippen LogP contribution is 2.55. The Labute approximate surface area is 595 Å². The van der Waals surface area contributed by atoms with E-state index in [9.17, 15) is 5.26 Å². The number of aromatic nitrogens is 5. The van der Waals surface area contributed by atoms with E-state index >= 15 is 0 Å². The van der Waals surface area contributed by atoms with Crippen molar-refractivity contribution >= 4 is 87.2 Å². The van der Waals surface area contributed by atoms with Crippen LogP contribution < -0.4 is 0 Å². The number of hydrogen-bond donors (Lipinski definition) is 0. The molecule has 0 aliphatic rings. The average Bonchev–Trinajstić information content (AvgIpc) is 1.48. The van der Waals surface area contributed by atoms with Crippen LogP contribution in [0.25, 0.3) is 188 Å². The van der Waals surface area contributed by atoms with Crippen molar-refractivity contribution in [1.82, 2.24) is 23.3 Å². The second kappa shape index (κ2) is 24.0. The minimum Gasteiger partial charge on any atom is -0.309 e. The number of nitrogens with zero attached hydrogens (tertiary/aromatic N) is 6. The van der Waals surface area contributed by atoms with E-state index < -0.39 is 0 Å². The average molecular weight is 1310 g/mol. The lowest BCUT2D eigenvalue weighted by Gasteiger charge is -2.27. The fraction of sp³-hybridized carbons (Fsp3) is 0.0103. The molecule has 0 saturated heterocycles. The quantitative estimate of drug-likeness (QED) is 0.130. The fourth-order valence-corrected chi connectivity index (χ4v) is 16.6. The van der Waals surface area contributed by atoms with E-state index in [-0.39, 0.29) is 0 Å². The summed E-state index contributed by atoms with van der Waals surface area (Å²) in [6, 6.07) is 132. The van der Waals surface area contributed by atoms with Gasteiger partial charge in [-0.3, -0.25) is 0 Å². The predicted molar refractivity (Wildman–Crippen MR) is 429 cm³/mol. The maximum absolute atomic E-state index is 13.0. The Morgan fingerprint density at radius 3 is 0.893 bits per heavy atom. The predicted octanol–water partition coefficient (Wildman–Crippen LogP) is 25.3. The van der Waals surface area contributed by atoms with Crippen molar-refractivity contribution in [3.8, 4) is 107 Å². The fourth-order valence-electron chi connectivity index (χ4n) is 16.6. The van der Waals surface area contributed by atoms with Crippen LogP contribution in [-0.2, 0) is 0 Å². The van der Waals surface area contributed by atoms with Crippen LogP contribution in [0.4, 0.5) is 0 Å². The highest BCUT2D eigenvalue weighted by atomic mass is 15.0. The summed E-state index contributed by atoms with van der Waals surface area (Å²) in [7, 11) is 0. The van der Waals surface area contributed by atoms with E-state index in [1.807, 2.05) is 6.07 Å². The summed E-state index contributed by atoms with van der Waals surface area (Å²) >= 11 is 0. The number of rotatable bonds is 11. The molecule has 0 bridgehead atoms. The smallest absolute Gasteiger partial charge is 0.100 e. The molecule has 0 amide bonds. The molecule has 15 aromatic carbocycles. The number of fused-ring (bicyclic) bond motifs is 12. The van der Waals surface area contributed by atoms with Gasteiger partial charge < -0.3 is 18.3 Å². The van der Waals surface area contributed by atoms with Crippen LogP contribution in [0.1, 0.15) is 11.1 Å². The Kier molecular flexibility index (Phi) is 13.8. The summed E-state index contributed by atoms with van der Waals surface area (Å²) < 4.78 is 9.52. The summed E-state index contributed by atoms with van der Waals surface area (Å²) in [6.45, 7) is 2.17. The summed E-state index contributed by atoms with van der Waals surface area (Å²) in [5, 5.41) is 22.5. The topological polar surface area (TPSA) is 56.4 Å². The molecule has 0 N–H and O–H groups in total. The zero-order valence-corrected chi connectivity index (χ0v) is 56.2. The van der Waals surface area contributed by atoms with Gasteiger partial charge in [0.2, 0.25) is 0 Å². The number of aryl methyl sites for hydroxylation is 1. The molecule has 6 nitrogen and oxygen atoms in total. The normalized spacial score (nSPS) is 11.7. The van der Waals surface area contributed by atoms with Crippen LogP contribution in [0, 0.1) is 18.3 Å². The molecular weight excluding hydrogens is 1250 g/mol. The van der Waals surface area contributed by atoms with Crippen LogP contribution in [0.15, 0.2) is 358 Å². The largest absolute Gasteiger partial charge is 0.309 e. The molecule has 6 heteroatoms. The number of para-hydroxylation sites is 7. The summed E-state index contributed by atoms with van der Waals surface area (Å²) in [5.74, 6) is 0. The SMILES string of the molecule is Cc1ccc2c(c1)c1ccccc1n2-c1ccc(-c2c(-c3ccc(-n4c5ccccc5c5ccccc54)cc3)c(-c3ccc(-n4c5ccccc5c5ccccc54)cc3)c(C#N)c(-c3ccc(-c4ccccc4)nc3-c3ccccc3)c2-c2ccc(-n3c4ccccc4c4ccccc43)cc2)cc1. The molecule has 0 fully saturated rings. The van der Waals surface area contributed by atoms with Crippen molar-refractivity contribution in [1.29, 1.82) is 5.26 Å². The van der Waals surface area contributed by atoms with Gasteiger partial charge in [-0.2, -0.15) is 5.26 Å². The first-order valence-corrected chi connectivity index (χ1v) is 35.2. The lowest BCUT2D eigenvalue weighted by molar-refractivity contribution is 1.18. The number of pyridine rings is 1. The second-order valence-corrected chi connectivity index (χ2v) is 26.9. The van der Waals surface area contributed by atoms with E-state index in [0.29, 0.717) is 5.56 Å². The Morgan fingerprint density at radius 1 is 0.243 bits per heavy atom. The van der Waals surface area contributed by atoms with Gasteiger partial charge in [0.25, 0.3) is 0 Å². The Bertz CT molecular complexity index is 6660. The van der Waals surface area contributed by atoms with Gasteiger partial charge in [0.15, 0.2) is 0 Å². The third-order valence-corrected chi connectivity index (χ3v) is 21.1. The molecule has 0 aliphatic heterocycles. The zero-order valence-electron chi connectivity index (χ0n) is 56.2. The molecule has 0 aliphatic carbocycles. The summed E-state index contributed by atoms with van der Waals surface area (Å²) in [6.07, 6.45) is 0. The Hall–Kier alpha value is -13.9. The highest BCUT2D eigenvalue weighted by molar-refractivity contribution is 6.15. The van der Waals surface area contributed by atoms with Crippen LogP contribution in [-0.4, -0.2) is 23.3 Å². The van der Waals surface area contributed by atoms with E-state index in [1.165, 1.54) is 48.7 Å². The molecule has 20 aromatic rings. The monoisotopic (exact) mass is 1310 g/mol. The van der Waals surface area contributed by atoms with Crippen molar-refractivity contribution in [2.45, 2.75) is 6.92 Å². The Morgan fingerprint density at radius 2 is 0.534 bits per heavy atom.